The SMILES string of the molecule is C=CC[C@@H]1CC=C[C@@H](C)N1C(=O)C1CC(COc2cccc(C(C)=O)c2)NN1. The third kappa shape index (κ3) is 4.69. The van der Waals surface area contributed by atoms with E-state index in [1.54, 1.807) is 12.1 Å². The molecule has 3 rings (SSSR count). The van der Waals surface area contributed by atoms with Gasteiger partial charge in [0.1, 0.15) is 18.4 Å². The molecule has 1 fully saturated rings. The third-order valence-corrected chi connectivity index (χ3v) is 5.32. The number of rotatable bonds is 7. The first kappa shape index (κ1) is 20.3. The Bertz CT molecular complexity index is 761. The minimum atomic E-state index is -0.279. The van der Waals surface area contributed by atoms with Crippen molar-refractivity contribution in [2.75, 3.05) is 6.61 Å². The molecule has 2 aliphatic rings. The van der Waals surface area contributed by atoms with Crippen LogP contribution in [-0.4, -0.2) is 47.4 Å². The van der Waals surface area contributed by atoms with Crippen LogP contribution in [0.25, 0.3) is 0 Å². The van der Waals surface area contributed by atoms with Crippen molar-refractivity contribution in [3.63, 3.8) is 0 Å². The summed E-state index contributed by atoms with van der Waals surface area (Å²) in [5.41, 5.74) is 6.92. The van der Waals surface area contributed by atoms with Crippen LogP contribution in [0.2, 0.25) is 0 Å². The van der Waals surface area contributed by atoms with Gasteiger partial charge in [-0.3, -0.25) is 15.0 Å². The topological polar surface area (TPSA) is 70.7 Å². The number of ketones is 1. The molecule has 0 aromatic heterocycles. The smallest absolute Gasteiger partial charge is 0.241 e. The van der Waals surface area contributed by atoms with E-state index in [0.29, 0.717) is 24.3 Å². The molecule has 0 bridgehead atoms. The van der Waals surface area contributed by atoms with Crippen LogP contribution in [0.4, 0.5) is 0 Å². The van der Waals surface area contributed by atoms with Gasteiger partial charge in [-0.25, -0.2) is 5.43 Å². The van der Waals surface area contributed by atoms with E-state index in [1.165, 1.54) is 6.92 Å². The molecule has 0 radical (unpaired) electrons. The molecular formula is C22H29N3O3. The zero-order valence-electron chi connectivity index (χ0n) is 16.6. The molecule has 6 heteroatoms. The van der Waals surface area contributed by atoms with Crippen LogP contribution < -0.4 is 15.6 Å². The summed E-state index contributed by atoms with van der Waals surface area (Å²) in [5.74, 6) is 0.776. The fourth-order valence-electron chi connectivity index (χ4n) is 3.83. The number of hydrogen-bond donors (Lipinski definition) is 2. The molecule has 1 aromatic carbocycles. The molecule has 0 aliphatic carbocycles. The highest BCUT2D eigenvalue weighted by Gasteiger charge is 2.37. The Morgan fingerprint density at radius 3 is 2.93 bits per heavy atom. The van der Waals surface area contributed by atoms with Gasteiger partial charge < -0.3 is 9.64 Å². The summed E-state index contributed by atoms with van der Waals surface area (Å²) in [7, 11) is 0. The Labute approximate surface area is 166 Å². The molecule has 2 unspecified atom stereocenters. The van der Waals surface area contributed by atoms with E-state index in [4.69, 9.17) is 4.74 Å². The van der Waals surface area contributed by atoms with Gasteiger partial charge in [0.15, 0.2) is 5.78 Å². The molecule has 2 N–H and O–H groups in total. The van der Waals surface area contributed by atoms with Gasteiger partial charge in [0.2, 0.25) is 5.91 Å². The number of hydrazine groups is 1. The normalized spacial score (nSPS) is 26.9. The highest BCUT2D eigenvalue weighted by atomic mass is 16.5. The maximum atomic E-state index is 13.1. The fraction of sp³-hybridized carbons (Fsp3) is 0.455. The van der Waals surface area contributed by atoms with Crippen molar-refractivity contribution in [1.82, 2.24) is 15.8 Å². The van der Waals surface area contributed by atoms with Gasteiger partial charge in [0.05, 0.1) is 6.04 Å². The van der Waals surface area contributed by atoms with Crippen molar-refractivity contribution in [2.24, 2.45) is 0 Å². The lowest BCUT2D eigenvalue weighted by Gasteiger charge is -2.38. The maximum absolute atomic E-state index is 13.1. The Hall–Kier alpha value is -2.44. The number of nitrogens with one attached hydrogen (secondary N) is 2. The van der Waals surface area contributed by atoms with Gasteiger partial charge in [0.25, 0.3) is 0 Å². The number of amides is 1. The van der Waals surface area contributed by atoms with E-state index in [-0.39, 0.29) is 35.9 Å². The number of carbonyl (C=O) groups excluding carboxylic acids is 2. The van der Waals surface area contributed by atoms with Crippen LogP contribution >= 0.6 is 0 Å². The second kappa shape index (κ2) is 9.17. The molecule has 1 aromatic rings. The van der Waals surface area contributed by atoms with E-state index in [0.717, 1.165) is 12.8 Å². The lowest BCUT2D eigenvalue weighted by atomic mass is 9.98. The quantitative estimate of drug-likeness (QED) is 0.560. The Morgan fingerprint density at radius 2 is 2.18 bits per heavy atom. The number of carbonyl (C=O) groups is 2. The van der Waals surface area contributed by atoms with Crippen molar-refractivity contribution in [3.8, 4) is 5.75 Å². The molecular weight excluding hydrogens is 354 g/mol. The standard InChI is InChI=1S/C22H29N3O3/c1-4-7-19-10-5-8-15(2)25(19)22(27)21-13-18(23-24-21)14-28-20-11-6-9-17(12-20)16(3)26/h4-6,8-9,11-12,15,18-19,21,23-24H,1,7,10,13-14H2,2-3H3/t15-,18?,19-,21?/m1/s1. The van der Waals surface area contributed by atoms with E-state index < -0.39 is 0 Å². The van der Waals surface area contributed by atoms with E-state index >= 15 is 0 Å². The number of ether oxygens (including phenoxy) is 1. The molecule has 0 saturated carbocycles. The summed E-state index contributed by atoms with van der Waals surface area (Å²) in [5, 5.41) is 0. The Kier molecular flexibility index (Phi) is 6.65. The lowest BCUT2D eigenvalue weighted by molar-refractivity contribution is -0.137. The number of Topliss-reactive ketones (excluding diaryl/α,β-unsaturated/α-hetero) is 1. The molecule has 6 nitrogen and oxygen atoms in total. The summed E-state index contributed by atoms with van der Waals surface area (Å²) in [4.78, 5) is 26.6. The van der Waals surface area contributed by atoms with Crippen LogP contribution in [0.3, 0.4) is 0 Å². The first-order chi connectivity index (χ1) is 13.5. The predicted molar refractivity (Wildman–Crippen MR) is 109 cm³/mol. The molecule has 2 aliphatic heterocycles. The van der Waals surface area contributed by atoms with Crippen LogP contribution in [0, 0.1) is 0 Å². The van der Waals surface area contributed by atoms with Gasteiger partial charge in [-0.1, -0.05) is 30.4 Å². The summed E-state index contributed by atoms with van der Waals surface area (Å²) >= 11 is 0. The predicted octanol–water partition coefficient (Wildman–Crippen LogP) is 2.62. The molecule has 4 atom stereocenters. The van der Waals surface area contributed by atoms with Crippen molar-refractivity contribution >= 4 is 11.7 Å². The molecule has 1 amide bonds. The third-order valence-electron chi connectivity index (χ3n) is 5.32. The largest absolute Gasteiger partial charge is 0.492 e. The second-order valence-corrected chi connectivity index (χ2v) is 7.50. The molecule has 0 spiro atoms. The average Bonchev–Trinajstić information content (AvgIpc) is 3.16. The van der Waals surface area contributed by atoms with Gasteiger partial charge in [0, 0.05) is 17.6 Å². The van der Waals surface area contributed by atoms with Crippen LogP contribution in [0.1, 0.15) is 43.5 Å². The lowest BCUT2D eigenvalue weighted by Crippen LogP contribution is -2.53. The minimum absolute atomic E-state index is 0.00977. The Morgan fingerprint density at radius 1 is 1.36 bits per heavy atom. The van der Waals surface area contributed by atoms with Gasteiger partial charge in [-0.05, 0) is 45.2 Å². The average molecular weight is 383 g/mol. The monoisotopic (exact) mass is 383 g/mol. The Balaban J connectivity index is 1.56. The van der Waals surface area contributed by atoms with Crippen LogP contribution in [0.5, 0.6) is 5.75 Å². The maximum Gasteiger partial charge on any atom is 0.241 e. The zero-order valence-corrected chi connectivity index (χ0v) is 16.6. The van der Waals surface area contributed by atoms with Crippen molar-refractivity contribution < 1.29 is 14.3 Å². The summed E-state index contributed by atoms with van der Waals surface area (Å²) in [6.07, 6.45) is 8.42. The summed E-state index contributed by atoms with van der Waals surface area (Å²) < 4.78 is 5.83. The highest BCUT2D eigenvalue weighted by Crippen LogP contribution is 2.23. The molecule has 150 valence electrons. The summed E-state index contributed by atoms with van der Waals surface area (Å²) in [6, 6.07) is 7.14. The fourth-order valence-corrected chi connectivity index (χ4v) is 3.83. The number of nitrogens with zero attached hydrogens (tertiary/aromatic N) is 1. The van der Waals surface area contributed by atoms with Gasteiger partial charge >= 0.3 is 0 Å². The van der Waals surface area contributed by atoms with Crippen molar-refractivity contribution in [3.05, 3.63) is 54.6 Å². The van der Waals surface area contributed by atoms with E-state index in [1.807, 2.05) is 23.1 Å². The van der Waals surface area contributed by atoms with E-state index in [2.05, 4.69) is 36.5 Å². The first-order valence-corrected chi connectivity index (χ1v) is 9.84. The van der Waals surface area contributed by atoms with Gasteiger partial charge in [-0.2, -0.15) is 0 Å². The van der Waals surface area contributed by atoms with Gasteiger partial charge in [-0.15, -0.1) is 6.58 Å². The second-order valence-electron chi connectivity index (χ2n) is 7.50. The number of benzene rings is 1. The molecule has 1 saturated heterocycles. The minimum Gasteiger partial charge on any atom is -0.492 e. The van der Waals surface area contributed by atoms with Crippen LogP contribution in [-0.2, 0) is 4.79 Å². The first-order valence-electron chi connectivity index (χ1n) is 9.84. The van der Waals surface area contributed by atoms with E-state index in [9.17, 15) is 9.59 Å². The summed E-state index contributed by atoms with van der Waals surface area (Å²) in [6.45, 7) is 7.83. The molecule has 2 heterocycles. The van der Waals surface area contributed by atoms with Crippen molar-refractivity contribution in [1.29, 1.82) is 0 Å². The molecule has 28 heavy (non-hydrogen) atoms. The highest BCUT2D eigenvalue weighted by molar-refractivity contribution is 5.94. The number of hydrogen-bond acceptors (Lipinski definition) is 5. The van der Waals surface area contributed by atoms with Crippen LogP contribution in [0.15, 0.2) is 49.1 Å². The zero-order chi connectivity index (χ0) is 20.1. The van der Waals surface area contributed by atoms with Crippen molar-refractivity contribution in [2.45, 2.75) is 57.3 Å².